The van der Waals surface area contributed by atoms with Crippen molar-refractivity contribution in [2.75, 3.05) is 5.32 Å². The average molecular weight is 543 g/mol. The van der Waals surface area contributed by atoms with Gasteiger partial charge in [0, 0.05) is 23.7 Å². The van der Waals surface area contributed by atoms with E-state index in [9.17, 15) is 13.2 Å². The Morgan fingerprint density at radius 3 is 2.16 bits per heavy atom. The lowest BCUT2D eigenvalue weighted by Crippen LogP contribution is -2.41. The van der Waals surface area contributed by atoms with Crippen LogP contribution in [0.2, 0.25) is 5.31 Å². The van der Waals surface area contributed by atoms with Gasteiger partial charge in [0.2, 0.25) is 5.03 Å². The number of fused-ring (bicyclic) bond motifs is 2. The normalized spacial score (nSPS) is 20.0. The Morgan fingerprint density at radius 1 is 1.08 bits per heavy atom. The van der Waals surface area contributed by atoms with Crippen molar-refractivity contribution in [3.63, 3.8) is 0 Å². The number of carbonyl (C=O) groups is 1. The van der Waals surface area contributed by atoms with Crippen LogP contribution >= 0.6 is 0 Å². The summed E-state index contributed by atoms with van der Waals surface area (Å²) in [5.74, 6) is -0.500. The van der Waals surface area contributed by atoms with E-state index < -0.39 is 44.6 Å². The minimum atomic E-state index is -4.22. The standard InChI is InChI=1S/C27H39BN4O5S/c1-25(2,28-36-26(3,4)27(5,6)37-28)13-14-32-16-21(24(31-32)38(29,34)35)23(33)30-22-19-11-7-9-17(19)15-18-10-8-12-20(18)22/h15-16H,7-14H2,1-6H3,(H,30,33)(H2,29,34,35). The Labute approximate surface area is 226 Å². The Balaban J connectivity index is 1.38. The highest BCUT2D eigenvalue weighted by molar-refractivity contribution is 7.89. The van der Waals surface area contributed by atoms with Crippen LogP contribution in [0.15, 0.2) is 17.3 Å². The van der Waals surface area contributed by atoms with Gasteiger partial charge in [0.1, 0.15) is 0 Å². The van der Waals surface area contributed by atoms with E-state index in [2.05, 4.69) is 16.5 Å². The van der Waals surface area contributed by atoms with E-state index >= 15 is 0 Å². The Hall–Kier alpha value is -2.21. The highest BCUT2D eigenvalue weighted by Crippen LogP contribution is 2.46. The van der Waals surface area contributed by atoms with Gasteiger partial charge in [-0.05, 0) is 94.9 Å². The van der Waals surface area contributed by atoms with E-state index in [1.165, 1.54) is 33.1 Å². The van der Waals surface area contributed by atoms with E-state index in [1.807, 2.05) is 41.5 Å². The summed E-state index contributed by atoms with van der Waals surface area (Å²) in [6.07, 6.45) is 8.01. The first-order valence-corrected chi connectivity index (χ1v) is 15.1. The number of sulfonamides is 1. The Kier molecular flexibility index (Phi) is 6.61. The summed E-state index contributed by atoms with van der Waals surface area (Å²) in [7, 11) is -4.65. The molecule has 0 unspecified atom stereocenters. The van der Waals surface area contributed by atoms with Gasteiger partial charge in [0.25, 0.3) is 15.9 Å². The molecule has 2 aromatic rings. The number of nitrogens with two attached hydrogens (primary N) is 1. The highest BCUT2D eigenvalue weighted by atomic mass is 32.2. The maximum Gasteiger partial charge on any atom is 0.464 e. The summed E-state index contributed by atoms with van der Waals surface area (Å²) in [6.45, 7) is 12.5. The van der Waals surface area contributed by atoms with Crippen LogP contribution in [0.1, 0.15) is 93.4 Å². The van der Waals surface area contributed by atoms with Crippen LogP contribution in [0.25, 0.3) is 0 Å². The quantitative estimate of drug-likeness (QED) is 0.509. The number of benzene rings is 1. The molecule has 3 N–H and O–H groups in total. The molecule has 9 nitrogen and oxygen atoms in total. The number of aryl methyl sites for hydroxylation is 3. The molecule has 1 amide bonds. The lowest BCUT2D eigenvalue weighted by Gasteiger charge is -2.32. The minimum absolute atomic E-state index is 0.0386. The fraction of sp³-hybridized carbons (Fsp3) is 0.630. The van der Waals surface area contributed by atoms with Crippen molar-refractivity contribution < 1.29 is 22.5 Å². The smallest absolute Gasteiger partial charge is 0.403 e. The molecule has 3 aliphatic rings. The summed E-state index contributed by atoms with van der Waals surface area (Å²) in [6, 6.07) is 2.29. The molecule has 11 heteroatoms. The van der Waals surface area contributed by atoms with E-state index in [4.69, 9.17) is 14.4 Å². The monoisotopic (exact) mass is 542 g/mol. The van der Waals surface area contributed by atoms with Crippen molar-refractivity contribution in [1.29, 1.82) is 0 Å². The van der Waals surface area contributed by atoms with Crippen LogP contribution < -0.4 is 10.5 Å². The third kappa shape index (κ3) is 4.82. The fourth-order valence-corrected chi connectivity index (χ4v) is 6.39. The maximum atomic E-state index is 13.5. The number of nitrogens with one attached hydrogen (secondary N) is 1. The van der Waals surface area contributed by atoms with Crippen molar-refractivity contribution in [2.45, 2.75) is 115 Å². The molecule has 0 saturated carbocycles. The first kappa shape index (κ1) is 27.4. The topological polar surface area (TPSA) is 126 Å². The minimum Gasteiger partial charge on any atom is -0.403 e. The first-order chi connectivity index (χ1) is 17.6. The Morgan fingerprint density at radius 2 is 1.63 bits per heavy atom. The van der Waals surface area contributed by atoms with E-state index in [-0.39, 0.29) is 5.56 Å². The molecular formula is C27H39BN4O5S. The number of anilines is 1. The summed E-state index contributed by atoms with van der Waals surface area (Å²) < 4.78 is 38.8. The van der Waals surface area contributed by atoms with Crippen LogP contribution in [0.4, 0.5) is 5.69 Å². The molecule has 38 heavy (non-hydrogen) atoms. The number of rotatable bonds is 7. The van der Waals surface area contributed by atoms with Gasteiger partial charge in [-0.2, -0.15) is 5.10 Å². The molecule has 0 bridgehead atoms. The maximum absolute atomic E-state index is 13.5. The molecule has 0 radical (unpaired) electrons. The third-order valence-electron chi connectivity index (χ3n) is 8.83. The molecule has 2 aliphatic carbocycles. The van der Waals surface area contributed by atoms with Gasteiger partial charge in [-0.25, -0.2) is 13.6 Å². The summed E-state index contributed by atoms with van der Waals surface area (Å²) in [5.41, 5.74) is 4.83. The van der Waals surface area contributed by atoms with Gasteiger partial charge >= 0.3 is 7.12 Å². The number of aromatic nitrogens is 2. The van der Waals surface area contributed by atoms with Crippen molar-refractivity contribution in [3.05, 3.63) is 40.1 Å². The van der Waals surface area contributed by atoms with Gasteiger partial charge in [-0.15, -0.1) is 0 Å². The van der Waals surface area contributed by atoms with Gasteiger partial charge < -0.3 is 14.6 Å². The van der Waals surface area contributed by atoms with Crippen molar-refractivity contribution in [1.82, 2.24) is 9.78 Å². The molecular weight excluding hydrogens is 503 g/mol. The first-order valence-electron chi connectivity index (χ1n) is 13.5. The summed E-state index contributed by atoms with van der Waals surface area (Å²) in [5, 5.41) is 12.0. The second-order valence-electron chi connectivity index (χ2n) is 12.7. The van der Waals surface area contributed by atoms with Crippen LogP contribution in [0.3, 0.4) is 0 Å². The zero-order valence-corrected chi connectivity index (χ0v) is 24.1. The SMILES string of the molecule is CC(C)(CCn1cc(C(=O)Nc2c3c(cc4c2CCC4)CCC3)c(S(N)(=O)=O)n1)B1OC(C)(C)C(C)(C)O1. The number of hydrogen-bond donors (Lipinski definition) is 2. The molecule has 2 heterocycles. The lowest BCUT2D eigenvalue weighted by atomic mass is 9.58. The molecule has 206 valence electrons. The second kappa shape index (κ2) is 9.18. The molecule has 1 aliphatic heterocycles. The number of primary sulfonamides is 1. The zero-order chi connectivity index (χ0) is 27.7. The van der Waals surface area contributed by atoms with Gasteiger partial charge in [0.15, 0.2) is 0 Å². The van der Waals surface area contributed by atoms with Crippen LogP contribution in [0.5, 0.6) is 0 Å². The van der Waals surface area contributed by atoms with Crippen LogP contribution in [-0.2, 0) is 51.6 Å². The predicted octanol–water partition coefficient (Wildman–Crippen LogP) is 4.02. The number of amides is 1. The van der Waals surface area contributed by atoms with Crippen molar-refractivity contribution in [2.24, 2.45) is 5.14 Å². The van der Waals surface area contributed by atoms with Gasteiger partial charge in [-0.1, -0.05) is 19.9 Å². The molecule has 1 saturated heterocycles. The van der Waals surface area contributed by atoms with Crippen LogP contribution in [0, 0.1) is 0 Å². The summed E-state index contributed by atoms with van der Waals surface area (Å²) in [4.78, 5) is 13.5. The third-order valence-corrected chi connectivity index (χ3v) is 9.67. The van der Waals surface area contributed by atoms with Crippen molar-refractivity contribution >= 4 is 28.7 Å². The number of hydrogen-bond acceptors (Lipinski definition) is 6. The molecule has 1 aromatic carbocycles. The second-order valence-corrected chi connectivity index (χ2v) is 14.1. The average Bonchev–Trinajstić information content (AvgIpc) is 3.57. The number of carbonyl (C=O) groups excluding carboxylic acids is 1. The summed E-state index contributed by atoms with van der Waals surface area (Å²) >= 11 is 0. The largest absolute Gasteiger partial charge is 0.464 e. The van der Waals surface area contributed by atoms with E-state index in [1.54, 1.807) is 0 Å². The zero-order valence-electron chi connectivity index (χ0n) is 23.3. The van der Waals surface area contributed by atoms with E-state index in [0.29, 0.717) is 13.0 Å². The molecule has 0 spiro atoms. The van der Waals surface area contributed by atoms with Gasteiger partial charge in [0.05, 0.1) is 16.8 Å². The van der Waals surface area contributed by atoms with Crippen LogP contribution in [-0.4, -0.2) is 42.4 Å². The van der Waals surface area contributed by atoms with Crippen molar-refractivity contribution in [3.8, 4) is 0 Å². The molecule has 1 fully saturated rings. The number of nitrogens with zero attached hydrogens (tertiary/aromatic N) is 2. The highest BCUT2D eigenvalue weighted by Gasteiger charge is 2.56. The Bertz CT molecular complexity index is 1350. The predicted molar refractivity (Wildman–Crippen MR) is 147 cm³/mol. The molecule has 5 rings (SSSR count). The van der Waals surface area contributed by atoms with Gasteiger partial charge in [-0.3, -0.25) is 9.48 Å². The molecule has 0 atom stereocenters. The lowest BCUT2D eigenvalue weighted by molar-refractivity contribution is 0.00578. The molecule has 1 aromatic heterocycles. The van der Waals surface area contributed by atoms with E-state index in [0.717, 1.165) is 44.2 Å². The fourth-order valence-electron chi connectivity index (χ4n) is 5.71.